The van der Waals surface area contributed by atoms with Crippen molar-refractivity contribution >= 4 is 61.4 Å². The molecule has 43 heavy (non-hydrogen) atoms. The number of halogens is 1. The van der Waals surface area contributed by atoms with Crippen molar-refractivity contribution in [2.75, 3.05) is 16.4 Å². The van der Waals surface area contributed by atoms with Gasteiger partial charge in [-0.1, -0.05) is 54.1 Å². The van der Waals surface area contributed by atoms with Crippen LogP contribution in [0.1, 0.15) is 15.9 Å². The van der Waals surface area contributed by atoms with Crippen LogP contribution in [0.25, 0.3) is 22.2 Å². The molecule has 214 valence electrons. The Kier molecular flexibility index (Phi) is 7.31. The molecule has 0 atom stereocenters. The van der Waals surface area contributed by atoms with Gasteiger partial charge in [-0.05, 0) is 67.1 Å². The smallest absolute Gasteiger partial charge is 0.268 e. The van der Waals surface area contributed by atoms with Crippen LogP contribution in [-0.4, -0.2) is 28.3 Å². The first kappa shape index (κ1) is 28.0. The maximum atomic E-state index is 13.6. The van der Waals surface area contributed by atoms with Crippen molar-refractivity contribution in [2.45, 2.75) is 11.8 Å². The molecule has 4 aromatic carbocycles. The van der Waals surface area contributed by atoms with E-state index in [0.29, 0.717) is 44.8 Å². The highest BCUT2D eigenvalue weighted by Crippen LogP contribution is 2.36. The fourth-order valence-electron chi connectivity index (χ4n) is 4.65. The Bertz CT molecular complexity index is 2100. The van der Waals surface area contributed by atoms with Crippen LogP contribution in [0.5, 0.6) is 0 Å². The van der Waals surface area contributed by atoms with Crippen molar-refractivity contribution in [3.63, 3.8) is 0 Å². The van der Waals surface area contributed by atoms with Crippen LogP contribution in [0.3, 0.4) is 0 Å². The van der Waals surface area contributed by atoms with Gasteiger partial charge in [-0.3, -0.25) is 4.79 Å². The van der Waals surface area contributed by atoms with Gasteiger partial charge in [-0.15, -0.1) is 0 Å². The lowest BCUT2D eigenvalue weighted by molar-refractivity contribution is 0.102. The predicted octanol–water partition coefficient (Wildman–Crippen LogP) is 6.88. The lowest BCUT2D eigenvalue weighted by Gasteiger charge is -2.12. The molecule has 0 bridgehead atoms. The van der Waals surface area contributed by atoms with Crippen molar-refractivity contribution < 1.29 is 13.2 Å². The van der Waals surface area contributed by atoms with Crippen LogP contribution in [0.4, 0.5) is 23.0 Å². The molecule has 11 heteroatoms. The molecule has 0 saturated heterocycles. The molecule has 2 aromatic heterocycles. The molecular weight excluding hydrogens is 584 g/mol. The molecule has 0 unspecified atom stereocenters. The number of hydrogen-bond acceptors (Lipinski definition) is 7. The maximum absolute atomic E-state index is 13.6. The zero-order chi connectivity index (χ0) is 30.1. The molecule has 9 nitrogen and oxygen atoms in total. The number of aromatic nitrogens is 3. The third kappa shape index (κ3) is 5.53. The Balaban J connectivity index is 1.34. The third-order valence-electron chi connectivity index (χ3n) is 6.89. The minimum Gasteiger partial charge on any atom is -0.399 e. The largest absolute Gasteiger partial charge is 0.399 e. The van der Waals surface area contributed by atoms with E-state index in [2.05, 4.69) is 20.6 Å². The summed E-state index contributed by atoms with van der Waals surface area (Å²) in [5.74, 6) is -0.0334. The van der Waals surface area contributed by atoms with E-state index in [-0.39, 0.29) is 21.8 Å². The Morgan fingerprint density at radius 2 is 1.65 bits per heavy atom. The van der Waals surface area contributed by atoms with Gasteiger partial charge in [0.2, 0.25) is 5.95 Å². The molecule has 0 aliphatic carbocycles. The van der Waals surface area contributed by atoms with E-state index in [0.717, 1.165) is 5.56 Å². The number of carbonyl (C=O) groups excluding carboxylic acids is 1. The summed E-state index contributed by atoms with van der Waals surface area (Å²) in [6.45, 7) is 1.89. The average Bonchev–Trinajstić information content (AvgIpc) is 3.41. The van der Waals surface area contributed by atoms with E-state index in [1.54, 1.807) is 72.8 Å². The fourth-order valence-corrected chi connectivity index (χ4v) is 6.24. The summed E-state index contributed by atoms with van der Waals surface area (Å²) in [7, 11) is -3.89. The zero-order valence-corrected chi connectivity index (χ0v) is 24.4. The lowest BCUT2D eigenvalue weighted by Crippen LogP contribution is -2.13. The predicted molar refractivity (Wildman–Crippen MR) is 170 cm³/mol. The highest BCUT2D eigenvalue weighted by atomic mass is 35.5. The second-order valence-electron chi connectivity index (χ2n) is 9.79. The minimum absolute atomic E-state index is 0.164. The number of fused-ring (bicyclic) bond motifs is 1. The number of amides is 1. The van der Waals surface area contributed by atoms with Crippen LogP contribution in [0.2, 0.25) is 5.02 Å². The molecule has 6 aromatic rings. The Labute approximate surface area is 253 Å². The molecule has 0 spiro atoms. The van der Waals surface area contributed by atoms with Gasteiger partial charge >= 0.3 is 0 Å². The second-order valence-corrected chi connectivity index (χ2v) is 12.0. The Hall–Kier alpha value is -5.19. The van der Waals surface area contributed by atoms with Crippen LogP contribution in [0.15, 0.2) is 114 Å². The molecule has 4 N–H and O–H groups in total. The number of para-hydroxylation sites is 1. The summed E-state index contributed by atoms with van der Waals surface area (Å²) >= 11 is 6.58. The number of carbonyl (C=O) groups is 1. The number of aryl methyl sites for hydroxylation is 1. The van der Waals surface area contributed by atoms with Crippen molar-refractivity contribution in [1.82, 2.24) is 13.9 Å². The maximum Gasteiger partial charge on any atom is 0.268 e. The SMILES string of the molecule is Cc1ccc(Nc2ncc(Cl)c(-c3cn(S(=O)(=O)c4ccccc4)c4ccccc34)n2)cc1NC(=O)c1ccc(N)cc1. The van der Waals surface area contributed by atoms with Gasteiger partial charge in [0, 0.05) is 39.8 Å². The first-order chi connectivity index (χ1) is 20.7. The fraction of sp³-hybridized carbons (Fsp3) is 0.0312. The molecule has 0 aliphatic rings. The van der Waals surface area contributed by atoms with Gasteiger partial charge in [-0.25, -0.2) is 22.4 Å². The van der Waals surface area contributed by atoms with E-state index in [9.17, 15) is 13.2 Å². The van der Waals surface area contributed by atoms with Gasteiger partial charge in [0.1, 0.15) is 0 Å². The lowest BCUT2D eigenvalue weighted by atomic mass is 10.1. The van der Waals surface area contributed by atoms with Crippen molar-refractivity contribution in [2.24, 2.45) is 0 Å². The number of rotatable bonds is 7. The summed E-state index contributed by atoms with van der Waals surface area (Å²) in [4.78, 5) is 22.0. The van der Waals surface area contributed by atoms with E-state index in [1.165, 1.54) is 16.4 Å². The Morgan fingerprint density at radius 1 is 0.930 bits per heavy atom. The number of nitrogens with one attached hydrogen (secondary N) is 2. The highest BCUT2D eigenvalue weighted by molar-refractivity contribution is 7.90. The van der Waals surface area contributed by atoms with Crippen LogP contribution < -0.4 is 16.4 Å². The number of nitrogens with zero attached hydrogens (tertiary/aromatic N) is 3. The average molecular weight is 609 g/mol. The summed E-state index contributed by atoms with van der Waals surface area (Å²) in [5.41, 5.74) is 10.3. The Morgan fingerprint density at radius 3 is 2.42 bits per heavy atom. The van der Waals surface area contributed by atoms with Crippen molar-refractivity contribution in [1.29, 1.82) is 0 Å². The molecule has 1 amide bonds. The monoisotopic (exact) mass is 608 g/mol. The normalized spacial score (nSPS) is 11.4. The molecule has 0 fully saturated rings. The van der Waals surface area contributed by atoms with Crippen LogP contribution >= 0.6 is 11.6 Å². The van der Waals surface area contributed by atoms with Crippen molar-refractivity contribution in [3.8, 4) is 11.3 Å². The highest BCUT2D eigenvalue weighted by Gasteiger charge is 2.23. The van der Waals surface area contributed by atoms with E-state index < -0.39 is 10.0 Å². The van der Waals surface area contributed by atoms with Gasteiger partial charge in [0.05, 0.1) is 27.3 Å². The molecular formula is C32H25ClN6O3S. The molecule has 0 saturated carbocycles. The second kappa shape index (κ2) is 11.2. The van der Waals surface area contributed by atoms with Gasteiger partial charge in [0.15, 0.2) is 0 Å². The van der Waals surface area contributed by atoms with E-state index in [4.69, 9.17) is 17.3 Å². The number of nitrogen functional groups attached to an aromatic ring is 1. The van der Waals surface area contributed by atoms with E-state index in [1.807, 2.05) is 31.2 Å². The number of nitrogens with two attached hydrogens (primary N) is 1. The molecule has 0 radical (unpaired) electrons. The van der Waals surface area contributed by atoms with Gasteiger partial charge < -0.3 is 16.4 Å². The molecule has 0 aliphatic heterocycles. The number of hydrogen-bond donors (Lipinski definition) is 3. The minimum atomic E-state index is -3.89. The molecule has 2 heterocycles. The quantitative estimate of drug-likeness (QED) is 0.168. The first-order valence-corrected chi connectivity index (χ1v) is 15.0. The number of benzene rings is 4. The van der Waals surface area contributed by atoms with E-state index >= 15 is 0 Å². The summed E-state index contributed by atoms with van der Waals surface area (Å²) in [5, 5.41) is 7.01. The summed E-state index contributed by atoms with van der Waals surface area (Å²) in [6, 6.07) is 27.5. The third-order valence-corrected chi connectivity index (χ3v) is 8.86. The summed E-state index contributed by atoms with van der Waals surface area (Å²) in [6.07, 6.45) is 2.99. The van der Waals surface area contributed by atoms with Crippen LogP contribution in [-0.2, 0) is 10.0 Å². The van der Waals surface area contributed by atoms with Gasteiger partial charge in [0.25, 0.3) is 15.9 Å². The zero-order valence-electron chi connectivity index (χ0n) is 22.8. The van der Waals surface area contributed by atoms with Gasteiger partial charge in [-0.2, -0.15) is 0 Å². The van der Waals surface area contributed by atoms with Crippen LogP contribution in [0, 0.1) is 6.92 Å². The standard InChI is InChI=1S/C32H25ClN6O3S/c1-20-11-16-23(17-28(20)37-31(40)21-12-14-22(34)15-13-21)36-32-35-18-27(33)30(38-32)26-19-39(29-10-6-5-9-25(26)29)43(41,42)24-7-3-2-4-8-24/h2-19H,34H2,1H3,(H,37,40)(H,35,36,38). The van der Waals surface area contributed by atoms with Crippen molar-refractivity contribution in [3.05, 3.63) is 126 Å². The summed E-state index contributed by atoms with van der Waals surface area (Å²) < 4.78 is 28.4. The number of anilines is 4. The first-order valence-electron chi connectivity index (χ1n) is 13.2. The topological polar surface area (TPSA) is 132 Å². The molecule has 6 rings (SSSR count).